The van der Waals surface area contributed by atoms with Gasteiger partial charge in [-0.2, -0.15) is 0 Å². The fraction of sp³-hybridized carbons (Fsp3) is 0.423. The molecular weight excluding hydrogens is 499 g/mol. The average molecular weight is 531 g/mol. The number of aromatic nitrogens is 2. The number of aliphatic hydroxyl groups excluding tert-OH is 1. The fourth-order valence-electron chi connectivity index (χ4n) is 4.31. The molecule has 198 valence electrons. The van der Waals surface area contributed by atoms with Gasteiger partial charge in [-0.3, -0.25) is 0 Å². The third-order valence-corrected chi connectivity index (χ3v) is 7.10. The molecule has 1 aliphatic rings. The largest absolute Gasteiger partial charge is 0.486 e. The number of esters is 1. The van der Waals surface area contributed by atoms with Crippen molar-refractivity contribution in [3.05, 3.63) is 53.2 Å². The first-order valence-corrected chi connectivity index (χ1v) is 12.6. The van der Waals surface area contributed by atoms with Crippen molar-refractivity contribution < 1.29 is 28.5 Å². The van der Waals surface area contributed by atoms with Gasteiger partial charge in [0.25, 0.3) is 0 Å². The average Bonchev–Trinajstić information content (AvgIpc) is 3.40. The second kappa shape index (κ2) is 10.5. The predicted octanol–water partition coefficient (Wildman–Crippen LogP) is 4.77. The number of aliphatic hydroxyl groups is 1. The molecule has 37 heavy (non-hydrogen) atoms. The number of ether oxygens (including phenoxy) is 3. The Morgan fingerprint density at radius 3 is 2.78 bits per heavy atom. The maximum absolute atomic E-state index is 14.3. The summed E-state index contributed by atoms with van der Waals surface area (Å²) in [6.07, 6.45) is 1.55. The van der Waals surface area contributed by atoms with E-state index in [1.807, 2.05) is 25.7 Å². The summed E-state index contributed by atoms with van der Waals surface area (Å²) in [5, 5.41) is 13.8. The summed E-state index contributed by atoms with van der Waals surface area (Å²) in [6.45, 7) is 11.9. The van der Waals surface area contributed by atoms with E-state index in [0.29, 0.717) is 56.8 Å². The smallest absolute Gasteiger partial charge is 0.348 e. The molecule has 1 fully saturated rings. The van der Waals surface area contributed by atoms with Crippen LogP contribution < -0.4 is 10.1 Å². The molecule has 0 amide bonds. The Morgan fingerprint density at radius 1 is 1.35 bits per heavy atom. The zero-order valence-corrected chi connectivity index (χ0v) is 22.3. The van der Waals surface area contributed by atoms with Crippen molar-refractivity contribution in [1.82, 2.24) is 14.9 Å². The first-order valence-electron chi connectivity index (χ1n) is 11.8. The van der Waals surface area contributed by atoms with Gasteiger partial charge in [-0.25, -0.2) is 19.2 Å². The molecular formula is C26H31FN4O5S. The molecule has 1 aliphatic heterocycles. The molecule has 0 aliphatic carbocycles. The molecule has 1 aromatic carbocycles. The molecule has 0 unspecified atom stereocenters. The summed E-state index contributed by atoms with van der Waals surface area (Å²) in [4.78, 5) is 23.8. The van der Waals surface area contributed by atoms with E-state index < -0.39 is 17.4 Å². The number of aryl methyl sites for hydroxylation is 1. The van der Waals surface area contributed by atoms with E-state index in [2.05, 4.69) is 21.9 Å². The Balaban J connectivity index is 1.60. The number of anilines is 2. The van der Waals surface area contributed by atoms with Gasteiger partial charge in [0.15, 0.2) is 5.88 Å². The predicted molar refractivity (Wildman–Crippen MR) is 140 cm³/mol. The number of methoxy groups -OCH3 is 1. The Labute approximate surface area is 218 Å². The minimum Gasteiger partial charge on any atom is -0.486 e. The second-order valence-corrected chi connectivity index (χ2v) is 10.8. The Hall–Kier alpha value is -3.44. The molecule has 2 aromatic heterocycles. The molecule has 11 heteroatoms. The van der Waals surface area contributed by atoms with E-state index in [1.54, 1.807) is 13.0 Å². The molecule has 2 N–H and O–H groups in total. The summed E-state index contributed by atoms with van der Waals surface area (Å²) < 4.78 is 31.3. The van der Waals surface area contributed by atoms with Crippen LogP contribution in [-0.4, -0.2) is 64.0 Å². The van der Waals surface area contributed by atoms with Crippen LogP contribution in [0.25, 0.3) is 10.2 Å². The third-order valence-electron chi connectivity index (χ3n) is 5.92. The van der Waals surface area contributed by atoms with Crippen LogP contribution in [0.3, 0.4) is 0 Å². The van der Waals surface area contributed by atoms with Crippen LogP contribution in [0.4, 0.5) is 15.9 Å². The number of carbonyl (C=O) groups is 1. The van der Waals surface area contributed by atoms with E-state index in [-0.39, 0.29) is 18.8 Å². The number of nitrogens with one attached hydrogen (secondary N) is 1. The minimum absolute atomic E-state index is 0.0977. The topological polar surface area (TPSA) is 106 Å². The quantitative estimate of drug-likeness (QED) is 0.315. The number of halogens is 1. The van der Waals surface area contributed by atoms with Crippen LogP contribution >= 0.6 is 11.3 Å². The fourth-order valence-corrected chi connectivity index (χ4v) is 5.37. The van der Waals surface area contributed by atoms with Crippen molar-refractivity contribution >= 4 is 39.0 Å². The van der Waals surface area contributed by atoms with Crippen molar-refractivity contribution in [2.75, 3.05) is 25.6 Å². The summed E-state index contributed by atoms with van der Waals surface area (Å²) in [6, 6.07) is 3.96. The lowest BCUT2D eigenvalue weighted by Gasteiger charge is -2.31. The van der Waals surface area contributed by atoms with Gasteiger partial charge in [0.2, 0.25) is 0 Å². The number of thiophene rings is 1. The Kier molecular flexibility index (Phi) is 7.56. The number of benzene rings is 1. The number of carbonyl (C=O) groups excluding carboxylic acids is 1. The Bertz CT molecular complexity index is 1320. The zero-order valence-electron chi connectivity index (χ0n) is 21.5. The SMILES string of the molecule is C=C(OC(C)(C)C)N1C[C@@H](Oc2cc(F)ccc2Nc2ncnc3sc(C(=O)OC)c(C)c23)C[C@H]1CO. The second-order valence-electron chi connectivity index (χ2n) is 9.79. The number of fused-ring (bicyclic) bond motifs is 1. The molecule has 0 spiro atoms. The zero-order chi connectivity index (χ0) is 26.9. The van der Waals surface area contributed by atoms with Gasteiger partial charge in [-0.1, -0.05) is 0 Å². The highest BCUT2D eigenvalue weighted by atomic mass is 32.1. The summed E-state index contributed by atoms with van der Waals surface area (Å²) in [5.41, 5.74) is 0.746. The maximum atomic E-state index is 14.3. The number of rotatable bonds is 8. The highest BCUT2D eigenvalue weighted by Crippen LogP contribution is 2.38. The van der Waals surface area contributed by atoms with E-state index in [4.69, 9.17) is 14.2 Å². The van der Waals surface area contributed by atoms with E-state index >= 15 is 0 Å². The number of nitrogens with zero attached hydrogens (tertiary/aromatic N) is 3. The third kappa shape index (κ3) is 5.78. The molecule has 9 nitrogen and oxygen atoms in total. The van der Waals surface area contributed by atoms with Crippen LogP contribution in [0.15, 0.2) is 37.0 Å². The van der Waals surface area contributed by atoms with Gasteiger partial charge in [-0.15, -0.1) is 11.3 Å². The van der Waals surface area contributed by atoms with Crippen molar-refractivity contribution in [1.29, 1.82) is 0 Å². The molecule has 2 atom stereocenters. The molecule has 0 bridgehead atoms. The number of likely N-dealkylation sites (tertiary alicyclic amines) is 1. The first kappa shape index (κ1) is 26.6. The molecule has 4 rings (SSSR count). The first-order chi connectivity index (χ1) is 17.5. The van der Waals surface area contributed by atoms with Crippen molar-refractivity contribution in [3.8, 4) is 5.75 Å². The van der Waals surface area contributed by atoms with Crippen LogP contribution in [0.2, 0.25) is 0 Å². The molecule has 0 saturated carbocycles. The van der Waals surface area contributed by atoms with Crippen LogP contribution in [0.5, 0.6) is 5.75 Å². The Morgan fingerprint density at radius 2 is 2.11 bits per heavy atom. The molecule has 0 radical (unpaired) electrons. The van der Waals surface area contributed by atoms with Crippen molar-refractivity contribution in [3.63, 3.8) is 0 Å². The summed E-state index contributed by atoms with van der Waals surface area (Å²) >= 11 is 1.22. The van der Waals surface area contributed by atoms with E-state index in [0.717, 1.165) is 0 Å². The molecule has 1 saturated heterocycles. The van der Waals surface area contributed by atoms with Gasteiger partial charge in [0, 0.05) is 12.5 Å². The normalized spacial score (nSPS) is 17.6. The van der Waals surface area contributed by atoms with Gasteiger partial charge in [-0.05, 0) is 52.0 Å². The van der Waals surface area contributed by atoms with Crippen molar-refractivity contribution in [2.24, 2.45) is 0 Å². The van der Waals surface area contributed by atoms with Gasteiger partial charge >= 0.3 is 5.97 Å². The molecule has 3 aromatic rings. The molecule has 3 heterocycles. The minimum atomic E-state index is -0.456. The van der Waals surface area contributed by atoms with Crippen LogP contribution in [-0.2, 0) is 9.47 Å². The van der Waals surface area contributed by atoms with Gasteiger partial charge < -0.3 is 29.5 Å². The van der Waals surface area contributed by atoms with E-state index in [1.165, 1.54) is 36.9 Å². The van der Waals surface area contributed by atoms with Crippen LogP contribution in [0.1, 0.15) is 42.4 Å². The van der Waals surface area contributed by atoms with E-state index in [9.17, 15) is 14.3 Å². The van der Waals surface area contributed by atoms with Crippen molar-refractivity contribution in [2.45, 2.75) is 51.9 Å². The lowest BCUT2D eigenvalue weighted by Crippen LogP contribution is -2.35. The lowest BCUT2D eigenvalue weighted by molar-refractivity contribution is -0.00750. The van der Waals surface area contributed by atoms with Crippen LogP contribution in [0, 0.1) is 12.7 Å². The lowest BCUT2D eigenvalue weighted by atomic mass is 10.2. The highest BCUT2D eigenvalue weighted by molar-refractivity contribution is 7.20. The van der Waals surface area contributed by atoms with Gasteiger partial charge in [0.1, 0.15) is 45.1 Å². The highest BCUT2D eigenvalue weighted by Gasteiger charge is 2.36. The number of hydrogen-bond donors (Lipinski definition) is 2. The van der Waals surface area contributed by atoms with Gasteiger partial charge in [0.05, 0.1) is 37.4 Å². The summed E-state index contributed by atoms with van der Waals surface area (Å²) in [7, 11) is 1.33. The standard InChI is InChI=1S/C26H31FN4O5S/c1-14-21-23(28-13-29-24(21)37-22(14)25(33)34-6)30-19-8-7-16(27)9-20(19)35-18-10-17(12-32)31(11-18)15(2)36-26(3,4)5/h7-9,13,17-18,32H,2,10-12H2,1,3-6H3,(H,28,29,30)/t17-,18-/m0/s1. The maximum Gasteiger partial charge on any atom is 0.348 e. The number of hydrogen-bond acceptors (Lipinski definition) is 10. The monoisotopic (exact) mass is 530 g/mol. The summed E-state index contributed by atoms with van der Waals surface area (Å²) in [5.74, 6) is 0.297.